The molecule has 0 bridgehead atoms. The Kier molecular flexibility index (Phi) is 3.53. The van der Waals surface area contributed by atoms with E-state index in [2.05, 4.69) is 5.32 Å². The molecule has 0 spiro atoms. The van der Waals surface area contributed by atoms with Crippen molar-refractivity contribution in [1.29, 1.82) is 0 Å². The third-order valence-electron chi connectivity index (χ3n) is 4.42. The summed E-state index contributed by atoms with van der Waals surface area (Å²) in [6.45, 7) is 4.27. The lowest BCUT2D eigenvalue weighted by Crippen LogP contribution is -2.36. The molecular weight excluding hydrogens is 264 g/mol. The van der Waals surface area contributed by atoms with E-state index in [9.17, 15) is 9.59 Å². The largest absolute Gasteiger partial charge is 0.367 e. The Morgan fingerprint density at radius 1 is 1.29 bits per heavy atom. The summed E-state index contributed by atoms with van der Waals surface area (Å²) in [5, 5.41) is 3.18. The van der Waals surface area contributed by atoms with Crippen molar-refractivity contribution in [2.45, 2.75) is 20.3 Å². The van der Waals surface area contributed by atoms with Crippen LogP contribution in [0.2, 0.25) is 0 Å². The van der Waals surface area contributed by atoms with Crippen LogP contribution in [0.3, 0.4) is 0 Å². The van der Waals surface area contributed by atoms with Crippen molar-refractivity contribution in [3.63, 3.8) is 0 Å². The maximum atomic E-state index is 12.5. The lowest BCUT2D eigenvalue weighted by molar-refractivity contribution is -0.139. The van der Waals surface area contributed by atoms with Gasteiger partial charge in [0.1, 0.15) is 0 Å². The van der Waals surface area contributed by atoms with Gasteiger partial charge in [-0.1, -0.05) is 31.2 Å². The third kappa shape index (κ3) is 2.46. The van der Waals surface area contributed by atoms with Gasteiger partial charge in [-0.05, 0) is 37.0 Å². The molecule has 1 fully saturated rings. The van der Waals surface area contributed by atoms with E-state index in [0.29, 0.717) is 6.42 Å². The first-order valence-corrected chi connectivity index (χ1v) is 7.40. The number of fused-ring (bicyclic) bond motifs is 1. The van der Waals surface area contributed by atoms with Crippen LogP contribution in [0.5, 0.6) is 0 Å². The first kappa shape index (κ1) is 13.9. The molecule has 0 aromatic heterocycles. The molecule has 2 amide bonds. The van der Waals surface area contributed by atoms with Crippen molar-refractivity contribution < 1.29 is 9.59 Å². The molecule has 1 aromatic carbocycles. The van der Waals surface area contributed by atoms with E-state index in [1.165, 1.54) is 4.90 Å². The Labute approximate surface area is 124 Å². The zero-order valence-electron chi connectivity index (χ0n) is 12.4. The standard InChI is InChI=1S/C17H20N2O2/c1-11-5-3-7-13(9-11)18-10-19-16(20)14-8-4-6-12(2)15(14)17(19)21/h3-7,9,12,14-15,18H,8,10H2,1-2H3/t12-,14-,15+/m1/s1. The fraction of sp³-hybridized carbons (Fsp3) is 0.412. The van der Waals surface area contributed by atoms with Crippen molar-refractivity contribution in [1.82, 2.24) is 4.90 Å². The Hall–Kier alpha value is -2.10. The van der Waals surface area contributed by atoms with E-state index >= 15 is 0 Å². The summed E-state index contributed by atoms with van der Waals surface area (Å²) in [5.74, 6) is -0.286. The highest BCUT2D eigenvalue weighted by atomic mass is 16.2. The summed E-state index contributed by atoms with van der Waals surface area (Å²) in [6, 6.07) is 7.91. The molecule has 0 unspecified atom stereocenters. The summed E-state index contributed by atoms with van der Waals surface area (Å²) < 4.78 is 0. The number of hydrogen-bond acceptors (Lipinski definition) is 3. The van der Waals surface area contributed by atoms with Gasteiger partial charge >= 0.3 is 0 Å². The number of benzene rings is 1. The second-order valence-electron chi connectivity index (χ2n) is 5.96. The van der Waals surface area contributed by atoms with E-state index < -0.39 is 0 Å². The first-order chi connectivity index (χ1) is 10.1. The highest BCUT2D eigenvalue weighted by molar-refractivity contribution is 6.05. The molecule has 1 aliphatic carbocycles. The van der Waals surface area contributed by atoms with E-state index in [-0.39, 0.29) is 36.2 Å². The van der Waals surface area contributed by atoms with Crippen LogP contribution in [0.15, 0.2) is 36.4 Å². The number of imide groups is 1. The number of hydrogen-bond donors (Lipinski definition) is 1. The molecule has 2 aliphatic rings. The maximum Gasteiger partial charge on any atom is 0.235 e. The average molecular weight is 284 g/mol. The van der Waals surface area contributed by atoms with Crippen LogP contribution in [0.25, 0.3) is 0 Å². The van der Waals surface area contributed by atoms with Gasteiger partial charge in [-0.3, -0.25) is 14.5 Å². The summed E-state index contributed by atoms with van der Waals surface area (Å²) >= 11 is 0. The van der Waals surface area contributed by atoms with Crippen LogP contribution in [0.1, 0.15) is 18.9 Å². The summed E-state index contributed by atoms with van der Waals surface area (Å²) in [7, 11) is 0. The second kappa shape index (κ2) is 5.35. The minimum atomic E-state index is -0.179. The van der Waals surface area contributed by atoms with Crippen molar-refractivity contribution >= 4 is 17.5 Å². The van der Waals surface area contributed by atoms with Crippen LogP contribution < -0.4 is 5.32 Å². The summed E-state index contributed by atoms with van der Waals surface area (Å²) in [5.41, 5.74) is 2.07. The minimum Gasteiger partial charge on any atom is -0.367 e. The molecule has 0 radical (unpaired) electrons. The molecule has 1 aliphatic heterocycles. The zero-order valence-corrected chi connectivity index (χ0v) is 12.4. The molecule has 4 heteroatoms. The number of anilines is 1. The van der Waals surface area contributed by atoms with Gasteiger partial charge in [-0.25, -0.2) is 0 Å². The number of aryl methyl sites for hydroxylation is 1. The molecule has 1 heterocycles. The lowest BCUT2D eigenvalue weighted by Gasteiger charge is -2.22. The van der Waals surface area contributed by atoms with Crippen molar-refractivity contribution in [3.05, 3.63) is 42.0 Å². The Morgan fingerprint density at radius 3 is 2.81 bits per heavy atom. The van der Waals surface area contributed by atoms with Gasteiger partial charge in [-0.15, -0.1) is 0 Å². The molecule has 3 rings (SSSR count). The molecular formula is C17H20N2O2. The van der Waals surface area contributed by atoms with Gasteiger partial charge in [0.2, 0.25) is 11.8 Å². The highest BCUT2D eigenvalue weighted by Crippen LogP contribution is 2.38. The number of carbonyl (C=O) groups is 2. The van der Waals surface area contributed by atoms with Gasteiger partial charge in [0.25, 0.3) is 0 Å². The number of amides is 2. The van der Waals surface area contributed by atoms with Crippen LogP contribution in [-0.4, -0.2) is 23.4 Å². The fourth-order valence-corrected chi connectivity index (χ4v) is 3.29. The van der Waals surface area contributed by atoms with Crippen LogP contribution in [0, 0.1) is 24.7 Å². The number of allylic oxidation sites excluding steroid dienone is 2. The molecule has 1 aromatic rings. The zero-order chi connectivity index (χ0) is 15.0. The van der Waals surface area contributed by atoms with Gasteiger partial charge < -0.3 is 5.32 Å². The van der Waals surface area contributed by atoms with Gasteiger partial charge in [0.05, 0.1) is 18.5 Å². The predicted octanol–water partition coefficient (Wildman–Crippen LogP) is 2.56. The van der Waals surface area contributed by atoms with Crippen molar-refractivity contribution in [3.8, 4) is 0 Å². The van der Waals surface area contributed by atoms with E-state index in [4.69, 9.17) is 0 Å². The average Bonchev–Trinajstić information content (AvgIpc) is 2.70. The van der Waals surface area contributed by atoms with Gasteiger partial charge in [0.15, 0.2) is 0 Å². The highest BCUT2D eigenvalue weighted by Gasteiger charge is 2.49. The third-order valence-corrected chi connectivity index (χ3v) is 4.42. The molecule has 1 saturated heterocycles. The van der Waals surface area contributed by atoms with E-state index in [0.717, 1.165) is 11.3 Å². The number of nitrogens with one attached hydrogen (secondary N) is 1. The maximum absolute atomic E-state index is 12.5. The Balaban J connectivity index is 1.72. The number of rotatable bonds is 3. The predicted molar refractivity (Wildman–Crippen MR) is 81.4 cm³/mol. The Bertz CT molecular complexity index is 609. The van der Waals surface area contributed by atoms with Crippen molar-refractivity contribution in [2.75, 3.05) is 12.0 Å². The Morgan fingerprint density at radius 2 is 2.10 bits per heavy atom. The summed E-state index contributed by atoms with van der Waals surface area (Å²) in [6.07, 6.45) is 4.75. The van der Waals surface area contributed by atoms with E-state index in [1.54, 1.807) is 0 Å². The smallest absolute Gasteiger partial charge is 0.235 e. The quantitative estimate of drug-likeness (QED) is 0.685. The molecule has 0 saturated carbocycles. The number of carbonyl (C=O) groups excluding carboxylic acids is 2. The van der Waals surface area contributed by atoms with Crippen LogP contribution >= 0.6 is 0 Å². The summed E-state index contributed by atoms with van der Waals surface area (Å²) in [4.78, 5) is 26.3. The van der Waals surface area contributed by atoms with Crippen LogP contribution in [-0.2, 0) is 9.59 Å². The fourth-order valence-electron chi connectivity index (χ4n) is 3.29. The molecule has 1 N–H and O–H groups in total. The minimum absolute atomic E-state index is 0.0398. The molecule has 110 valence electrons. The normalized spacial score (nSPS) is 27.9. The lowest BCUT2D eigenvalue weighted by atomic mass is 9.78. The second-order valence-corrected chi connectivity index (χ2v) is 5.96. The monoisotopic (exact) mass is 284 g/mol. The van der Waals surface area contributed by atoms with E-state index in [1.807, 2.05) is 50.3 Å². The van der Waals surface area contributed by atoms with Gasteiger partial charge in [-0.2, -0.15) is 0 Å². The topological polar surface area (TPSA) is 49.4 Å². The SMILES string of the molecule is Cc1cccc(NCN2C(=O)[C@H]3[C@H](C)C=CC[C@H]3C2=O)c1. The van der Waals surface area contributed by atoms with Crippen molar-refractivity contribution in [2.24, 2.45) is 17.8 Å². The number of nitrogens with zero attached hydrogens (tertiary/aromatic N) is 1. The molecule has 3 atom stereocenters. The molecule has 21 heavy (non-hydrogen) atoms. The number of likely N-dealkylation sites (tertiary alicyclic amines) is 1. The first-order valence-electron chi connectivity index (χ1n) is 7.40. The van der Waals surface area contributed by atoms with Crippen LogP contribution in [0.4, 0.5) is 5.69 Å². The molecule has 4 nitrogen and oxygen atoms in total. The van der Waals surface area contributed by atoms with Gasteiger partial charge in [0, 0.05) is 5.69 Å².